The fraction of sp³-hybridized carbons (Fsp3) is 0.286. The molecule has 2 aromatic heterocycles. The zero-order valence-electron chi connectivity index (χ0n) is 7.35. The predicted molar refractivity (Wildman–Crippen MR) is 48.2 cm³/mol. The van der Waals surface area contributed by atoms with E-state index in [1.165, 1.54) is 4.57 Å². The molecule has 0 aliphatic heterocycles. The number of nitrogens with two attached hydrogens (primary N) is 1. The molecule has 0 aromatic carbocycles. The topological polar surface area (TPSA) is 78.7 Å². The molecule has 2 heterocycles. The van der Waals surface area contributed by atoms with E-state index in [4.69, 9.17) is 5.73 Å². The summed E-state index contributed by atoms with van der Waals surface area (Å²) in [6.07, 6.45) is 1.73. The minimum absolute atomic E-state index is 0.228. The first-order chi connectivity index (χ1) is 6.09. The van der Waals surface area contributed by atoms with E-state index in [1.807, 2.05) is 0 Å². The van der Waals surface area contributed by atoms with Crippen LogP contribution in [0.5, 0.6) is 0 Å². The Morgan fingerprint density at radius 3 is 2.85 bits per heavy atom. The first kappa shape index (κ1) is 7.78. The van der Waals surface area contributed by atoms with Gasteiger partial charge in [-0.25, -0.2) is 4.79 Å². The van der Waals surface area contributed by atoms with Crippen LogP contribution in [-0.2, 0) is 14.1 Å². The Hall–Kier alpha value is -1.85. The molecule has 0 fully saturated rings. The van der Waals surface area contributed by atoms with Crippen LogP contribution in [0.2, 0.25) is 0 Å². The molecule has 0 amide bonds. The van der Waals surface area contributed by atoms with Crippen molar-refractivity contribution in [3.8, 4) is 0 Å². The lowest BCUT2D eigenvalue weighted by Crippen LogP contribution is -2.21. The normalized spacial score (nSPS) is 10.9. The molecule has 6 heteroatoms. The van der Waals surface area contributed by atoms with Crippen LogP contribution in [0, 0.1) is 0 Å². The van der Waals surface area contributed by atoms with Gasteiger partial charge in [0.15, 0.2) is 5.65 Å². The molecule has 13 heavy (non-hydrogen) atoms. The summed E-state index contributed by atoms with van der Waals surface area (Å²) in [6, 6.07) is 0. The van der Waals surface area contributed by atoms with Gasteiger partial charge in [0.05, 0.1) is 5.39 Å². The summed E-state index contributed by atoms with van der Waals surface area (Å²) in [5, 5.41) is 4.79. The van der Waals surface area contributed by atoms with Crippen molar-refractivity contribution in [3.05, 3.63) is 16.7 Å². The molecule has 2 aromatic rings. The Labute approximate surface area is 73.6 Å². The Morgan fingerprint density at radius 2 is 2.15 bits per heavy atom. The number of aromatic nitrogens is 4. The Bertz CT molecular complexity index is 523. The Morgan fingerprint density at radius 1 is 1.46 bits per heavy atom. The molecule has 0 aliphatic rings. The van der Waals surface area contributed by atoms with Crippen LogP contribution < -0.4 is 11.4 Å². The lowest BCUT2D eigenvalue weighted by Gasteiger charge is -1.97. The van der Waals surface area contributed by atoms with E-state index in [-0.39, 0.29) is 11.5 Å². The summed E-state index contributed by atoms with van der Waals surface area (Å²) in [5.41, 5.74) is 5.73. The van der Waals surface area contributed by atoms with Crippen LogP contribution in [0.1, 0.15) is 0 Å². The van der Waals surface area contributed by atoms with Gasteiger partial charge in [0.1, 0.15) is 5.82 Å². The maximum Gasteiger partial charge on any atom is 0.350 e. The average Bonchev–Trinajstić information content (AvgIpc) is 2.44. The molecule has 0 radical (unpaired) electrons. The number of hydrogen-bond donors (Lipinski definition) is 1. The van der Waals surface area contributed by atoms with Gasteiger partial charge in [-0.2, -0.15) is 10.1 Å². The first-order valence-electron chi connectivity index (χ1n) is 3.75. The molecule has 6 nitrogen and oxygen atoms in total. The number of rotatable bonds is 0. The second-order valence-corrected chi connectivity index (χ2v) is 2.88. The summed E-state index contributed by atoms with van der Waals surface area (Å²) >= 11 is 0. The van der Waals surface area contributed by atoms with Gasteiger partial charge in [-0.05, 0) is 0 Å². The molecule has 0 bridgehead atoms. The van der Waals surface area contributed by atoms with Gasteiger partial charge in [-0.1, -0.05) is 0 Å². The fourth-order valence-electron chi connectivity index (χ4n) is 1.23. The summed E-state index contributed by atoms with van der Waals surface area (Å²) in [6.45, 7) is 0. The molecule has 0 aliphatic carbocycles. The maximum absolute atomic E-state index is 11.2. The van der Waals surface area contributed by atoms with Gasteiger partial charge in [-0.15, -0.1) is 0 Å². The van der Waals surface area contributed by atoms with E-state index in [1.54, 1.807) is 25.0 Å². The monoisotopic (exact) mass is 179 g/mol. The van der Waals surface area contributed by atoms with Crippen LogP contribution in [0.3, 0.4) is 0 Å². The van der Waals surface area contributed by atoms with Crippen LogP contribution in [0.15, 0.2) is 11.0 Å². The minimum atomic E-state index is -0.385. The van der Waals surface area contributed by atoms with E-state index >= 15 is 0 Å². The summed E-state index contributed by atoms with van der Waals surface area (Å²) < 4.78 is 2.97. The molecule has 2 N–H and O–H groups in total. The van der Waals surface area contributed by atoms with E-state index in [0.717, 1.165) is 0 Å². The van der Waals surface area contributed by atoms with Gasteiger partial charge in [0.2, 0.25) is 0 Å². The number of anilines is 1. The molecule has 0 saturated carbocycles. The Kier molecular flexibility index (Phi) is 1.39. The number of fused-ring (bicyclic) bond motifs is 1. The number of aryl methyl sites for hydroxylation is 2. The first-order valence-corrected chi connectivity index (χ1v) is 3.75. The van der Waals surface area contributed by atoms with Crippen molar-refractivity contribution in [2.24, 2.45) is 14.1 Å². The summed E-state index contributed by atoms with van der Waals surface area (Å²) in [5.74, 6) is 0.228. The highest BCUT2D eigenvalue weighted by Crippen LogP contribution is 2.13. The zero-order chi connectivity index (χ0) is 9.59. The lowest BCUT2D eigenvalue weighted by atomic mass is 10.4. The number of hydrogen-bond acceptors (Lipinski definition) is 4. The smallest absolute Gasteiger partial charge is 0.350 e. The molecule has 2 rings (SSSR count). The van der Waals surface area contributed by atoms with Crippen molar-refractivity contribution in [1.82, 2.24) is 19.3 Å². The highest BCUT2D eigenvalue weighted by atomic mass is 16.1. The SMILES string of the molecule is Cn1cc2c(N)nc(=O)n(C)c2n1. The molecular formula is C7H9N5O. The quantitative estimate of drug-likeness (QED) is 0.577. The van der Waals surface area contributed by atoms with Crippen molar-refractivity contribution in [2.75, 3.05) is 5.73 Å². The minimum Gasteiger partial charge on any atom is -0.383 e. The van der Waals surface area contributed by atoms with Crippen LogP contribution in [0.25, 0.3) is 11.0 Å². The zero-order valence-corrected chi connectivity index (χ0v) is 7.35. The van der Waals surface area contributed by atoms with E-state index in [9.17, 15) is 4.79 Å². The third-order valence-corrected chi connectivity index (χ3v) is 1.91. The summed E-state index contributed by atoms with van der Waals surface area (Å²) in [7, 11) is 3.38. The van der Waals surface area contributed by atoms with Gasteiger partial charge in [0, 0.05) is 20.3 Å². The van der Waals surface area contributed by atoms with Crippen molar-refractivity contribution in [3.63, 3.8) is 0 Å². The maximum atomic E-state index is 11.2. The van der Waals surface area contributed by atoms with E-state index in [2.05, 4.69) is 10.1 Å². The standard InChI is InChI=1S/C7H9N5O/c1-11-3-4-5(8)9-7(13)12(2)6(4)10-11/h3H,1-2H3,(H2,8,9,13). The molecule has 68 valence electrons. The van der Waals surface area contributed by atoms with Crippen molar-refractivity contribution in [1.29, 1.82) is 0 Å². The Balaban J connectivity index is 3.04. The molecule has 0 atom stereocenters. The predicted octanol–water partition coefficient (Wildman–Crippen LogP) is -0.751. The van der Waals surface area contributed by atoms with Crippen LogP contribution >= 0.6 is 0 Å². The van der Waals surface area contributed by atoms with Crippen molar-refractivity contribution < 1.29 is 0 Å². The van der Waals surface area contributed by atoms with Crippen LogP contribution in [-0.4, -0.2) is 19.3 Å². The second-order valence-electron chi connectivity index (χ2n) is 2.88. The molecule has 0 saturated heterocycles. The van der Waals surface area contributed by atoms with E-state index in [0.29, 0.717) is 11.0 Å². The lowest BCUT2D eigenvalue weighted by molar-refractivity contribution is 0.753. The van der Waals surface area contributed by atoms with Gasteiger partial charge < -0.3 is 5.73 Å². The van der Waals surface area contributed by atoms with Gasteiger partial charge in [-0.3, -0.25) is 9.25 Å². The second kappa shape index (κ2) is 2.32. The van der Waals surface area contributed by atoms with Crippen molar-refractivity contribution in [2.45, 2.75) is 0 Å². The molecule has 0 spiro atoms. The van der Waals surface area contributed by atoms with Gasteiger partial charge in [0.25, 0.3) is 0 Å². The van der Waals surface area contributed by atoms with Gasteiger partial charge >= 0.3 is 5.69 Å². The van der Waals surface area contributed by atoms with Crippen molar-refractivity contribution >= 4 is 16.9 Å². The van der Waals surface area contributed by atoms with E-state index < -0.39 is 0 Å². The third-order valence-electron chi connectivity index (χ3n) is 1.91. The third kappa shape index (κ3) is 0.986. The highest BCUT2D eigenvalue weighted by molar-refractivity contribution is 5.84. The molecule has 0 unspecified atom stereocenters. The fourth-order valence-corrected chi connectivity index (χ4v) is 1.23. The molecular weight excluding hydrogens is 170 g/mol. The average molecular weight is 179 g/mol. The number of nitrogens with zero attached hydrogens (tertiary/aromatic N) is 4. The summed E-state index contributed by atoms with van der Waals surface area (Å²) in [4.78, 5) is 14.8. The number of nitrogen functional groups attached to an aromatic ring is 1. The van der Waals surface area contributed by atoms with Crippen LogP contribution in [0.4, 0.5) is 5.82 Å². The highest BCUT2D eigenvalue weighted by Gasteiger charge is 2.08. The largest absolute Gasteiger partial charge is 0.383 e.